The summed E-state index contributed by atoms with van der Waals surface area (Å²) in [5.74, 6) is -0.00958. The van der Waals surface area contributed by atoms with E-state index in [0.29, 0.717) is 6.61 Å². The Morgan fingerprint density at radius 1 is 1.53 bits per heavy atom. The van der Waals surface area contributed by atoms with Crippen LogP contribution in [0, 0.1) is 0 Å². The van der Waals surface area contributed by atoms with Crippen LogP contribution in [0.5, 0.6) is 0 Å². The summed E-state index contributed by atoms with van der Waals surface area (Å²) in [5.41, 5.74) is 2.20. The van der Waals surface area contributed by atoms with Gasteiger partial charge in [-0.3, -0.25) is 4.79 Å². The summed E-state index contributed by atoms with van der Waals surface area (Å²) in [6.45, 7) is 0.718. The van der Waals surface area contributed by atoms with E-state index >= 15 is 0 Å². The van der Waals surface area contributed by atoms with Gasteiger partial charge in [0.15, 0.2) is 5.78 Å². The lowest BCUT2D eigenvalue weighted by Gasteiger charge is -2.24. The molecule has 80 valence electrons. The normalized spacial score (nSPS) is 19.7. The second-order valence-corrected chi connectivity index (χ2v) is 3.60. The molecule has 0 aromatic heterocycles. The number of methoxy groups -OCH3 is 1. The molecule has 15 heavy (non-hydrogen) atoms. The zero-order valence-corrected chi connectivity index (χ0v) is 8.73. The van der Waals surface area contributed by atoms with Crippen molar-refractivity contribution in [1.29, 1.82) is 0 Å². The van der Waals surface area contributed by atoms with Gasteiger partial charge in [-0.05, 0) is 17.5 Å². The molecule has 1 aromatic carbocycles. The van der Waals surface area contributed by atoms with Crippen molar-refractivity contribution in [3.8, 4) is 0 Å². The van der Waals surface area contributed by atoms with Gasteiger partial charge in [-0.1, -0.05) is 24.3 Å². The van der Waals surface area contributed by atoms with Crippen LogP contribution >= 0.6 is 0 Å². The van der Waals surface area contributed by atoms with E-state index in [4.69, 9.17) is 9.47 Å². The molecule has 0 N–H and O–H groups in total. The van der Waals surface area contributed by atoms with Crippen molar-refractivity contribution in [2.45, 2.75) is 12.5 Å². The SMILES string of the molecule is COCC(=O)C1OCCc2ccccc21. The first-order chi connectivity index (χ1) is 7.33. The Morgan fingerprint density at radius 2 is 2.33 bits per heavy atom. The first kappa shape index (κ1) is 10.3. The molecule has 0 amide bonds. The molecule has 0 saturated heterocycles. The number of hydrogen-bond acceptors (Lipinski definition) is 3. The smallest absolute Gasteiger partial charge is 0.191 e. The van der Waals surface area contributed by atoms with E-state index in [1.54, 1.807) is 0 Å². The topological polar surface area (TPSA) is 35.5 Å². The standard InChI is InChI=1S/C12H14O3/c1-14-8-11(13)12-10-5-3-2-4-9(10)6-7-15-12/h2-5,12H,6-8H2,1H3. The maximum absolute atomic E-state index is 11.7. The Labute approximate surface area is 89.0 Å². The van der Waals surface area contributed by atoms with Crippen molar-refractivity contribution in [2.24, 2.45) is 0 Å². The van der Waals surface area contributed by atoms with Gasteiger partial charge in [0.1, 0.15) is 12.7 Å². The molecule has 1 aliphatic heterocycles. The van der Waals surface area contributed by atoms with Crippen LogP contribution in [-0.2, 0) is 20.7 Å². The first-order valence-corrected chi connectivity index (χ1v) is 5.04. The molecular weight excluding hydrogens is 192 g/mol. The van der Waals surface area contributed by atoms with Gasteiger partial charge in [-0.2, -0.15) is 0 Å². The molecule has 0 aliphatic carbocycles. The number of carbonyl (C=O) groups is 1. The number of carbonyl (C=O) groups excluding carboxylic acids is 1. The quantitative estimate of drug-likeness (QED) is 0.752. The Bertz CT molecular complexity index is 360. The number of hydrogen-bond donors (Lipinski definition) is 0. The Kier molecular flexibility index (Phi) is 3.14. The van der Waals surface area contributed by atoms with Crippen LogP contribution in [0.1, 0.15) is 17.2 Å². The molecule has 0 radical (unpaired) electrons. The van der Waals surface area contributed by atoms with E-state index in [-0.39, 0.29) is 12.4 Å². The van der Waals surface area contributed by atoms with Crippen molar-refractivity contribution in [2.75, 3.05) is 20.3 Å². The highest BCUT2D eigenvalue weighted by Gasteiger charge is 2.26. The first-order valence-electron chi connectivity index (χ1n) is 5.04. The molecule has 3 nitrogen and oxygen atoms in total. The minimum absolute atomic E-state index is 0.00958. The molecule has 1 atom stereocenters. The summed E-state index contributed by atoms with van der Waals surface area (Å²) in [6, 6.07) is 7.92. The highest BCUT2D eigenvalue weighted by atomic mass is 16.5. The van der Waals surface area contributed by atoms with Crippen LogP contribution < -0.4 is 0 Å². The lowest BCUT2D eigenvalue weighted by atomic mass is 9.95. The van der Waals surface area contributed by atoms with Gasteiger partial charge in [-0.15, -0.1) is 0 Å². The third-order valence-corrected chi connectivity index (χ3v) is 2.57. The van der Waals surface area contributed by atoms with E-state index in [0.717, 1.165) is 12.0 Å². The van der Waals surface area contributed by atoms with Gasteiger partial charge in [0, 0.05) is 7.11 Å². The van der Waals surface area contributed by atoms with Crippen LogP contribution in [0.3, 0.4) is 0 Å². The summed E-state index contributed by atoms with van der Waals surface area (Å²) in [6.07, 6.45) is 0.447. The van der Waals surface area contributed by atoms with Crippen molar-refractivity contribution < 1.29 is 14.3 Å². The van der Waals surface area contributed by atoms with Gasteiger partial charge in [0.2, 0.25) is 0 Å². The van der Waals surface area contributed by atoms with Crippen molar-refractivity contribution in [3.05, 3.63) is 35.4 Å². The fraction of sp³-hybridized carbons (Fsp3) is 0.417. The lowest BCUT2D eigenvalue weighted by molar-refractivity contribution is -0.135. The fourth-order valence-corrected chi connectivity index (χ4v) is 1.88. The maximum atomic E-state index is 11.7. The molecule has 0 fully saturated rings. The Morgan fingerprint density at radius 3 is 3.13 bits per heavy atom. The minimum atomic E-state index is -0.435. The predicted molar refractivity (Wildman–Crippen MR) is 55.7 cm³/mol. The van der Waals surface area contributed by atoms with E-state index in [1.165, 1.54) is 12.7 Å². The zero-order chi connectivity index (χ0) is 10.7. The molecule has 1 aliphatic rings. The van der Waals surface area contributed by atoms with E-state index in [1.807, 2.05) is 24.3 Å². The van der Waals surface area contributed by atoms with Crippen molar-refractivity contribution >= 4 is 5.78 Å². The van der Waals surface area contributed by atoms with Gasteiger partial charge >= 0.3 is 0 Å². The van der Waals surface area contributed by atoms with Gasteiger partial charge < -0.3 is 9.47 Å². The monoisotopic (exact) mass is 206 g/mol. The molecule has 0 saturated carbocycles. The number of ketones is 1. The highest BCUT2D eigenvalue weighted by molar-refractivity contribution is 5.86. The van der Waals surface area contributed by atoms with E-state index in [2.05, 4.69) is 0 Å². The van der Waals surface area contributed by atoms with Crippen LogP contribution in [0.25, 0.3) is 0 Å². The summed E-state index contributed by atoms with van der Waals surface area (Å²) in [7, 11) is 1.52. The molecule has 0 bridgehead atoms. The van der Waals surface area contributed by atoms with Crippen LogP contribution in [0.4, 0.5) is 0 Å². The zero-order valence-electron chi connectivity index (χ0n) is 8.73. The largest absolute Gasteiger partial charge is 0.377 e. The Balaban J connectivity index is 2.25. The summed E-state index contributed by atoms with van der Waals surface area (Å²) in [5, 5.41) is 0. The number of ether oxygens (including phenoxy) is 2. The second kappa shape index (κ2) is 4.55. The molecule has 2 rings (SSSR count). The second-order valence-electron chi connectivity index (χ2n) is 3.60. The van der Waals surface area contributed by atoms with Gasteiger partial charge in [-0.25, -0.2) is 0 Å². The number of rotatable bonds is 3. The van der Waals surface area contributed by atoms with Crippen molar-refractivity contribution in [3.63, 3.8) is 0 Å². The van der Waals surface area contributed by atoms with E-state index in [9.17, 15) is 4.79 Å². The van der Waals surface area contributed by atoms with E-state index < -0.39 is 6.10 Å². The van der Waals surface area contributed by atoms with Gasteiger partial charge in [0.05, 0.1) is 6.61 Å². The molecule has 1 aromatic rings. The molecule has 3 heteroatoms. The van der Waals surface area contributed by atoms with Crippen LogP contribution in [-0.4, -0.2) is 26.1 Å². The minimum Gasteiger partial charge on any atom is -0.377 e. The fourth-order valence-electron chi connectivity index (χ4n) is 1.88. The molecule has 1 heterocycles. The summed E-state index contributed by atoms with van der Waals surface area (Å²) in [4.78, 5) is 11.7. The van der Waals surface area contributed by atoms with Crippen molar-refractivity contribution in [1.82, 2.24) is 0 Å². The molecule has 0 spiro atoms. The van der Waals surface area contributed by atoms with Gasteiger partial charge in [0.25, 0.3) is 0 Å². The highest BCUT2D eigenvalue weighted by Crippen LogP contribution is 2.27. The third-order valence-electron chi connectivity index (χ3n) is 2.57. The number of benzene rings is 1. The number of fused-ring (bicyclic) bond motifs is 1. The predicted octanol–water partition coefficient (Wildman–Crippen LogP) is 1.52. The third kappa shape index (κ3) is 2.08. The average Bonchev–Trinajstić information content (AvgIpc) is 2.28. The maximum Gasteiger partial charge on any atom is 0.191 e. The molecular formula is C12H14O3. The summed E-state index contributed by atoms with van der Waals surface area (Å²) < 4.78 is 10.3. The molecule has 1 unspecified atom stereocenters. The average molecular weight is 206 g/mol. The summed E-state index contributed by atoms with van der Waals surface area (Å²) >= 11 is 0. The lowest BCUT2D eigenvalue weighted by Crippen LogP contribution is -2.25. The Hall–Kier alpha value is -1.19. The van der Waals surface area contributed by atoms with Crippen LogP contribution in [0.15, 0.2) is 24.3 Å². The number of Topliss-reactive ketones (excluding diaryl/α,β-unsaturated/α-hetero) is 1. The van der Waals surface area contributed by atoms with Crippen LogP contribution in [0.2, 0.25) is 0 Å².